The van der Waals surface area contributed by atoms with Crippen LogP contribution in [0.1, 0.15) is 72.6 Å². The number of alkyl halides is 1. The molecule has 0 aromatic carbocycles. The second-order valence-corrected chi connectivity index (χ2v) is 10.8. The molecule has 4 aliphatic carbocycles. The van der Waals surface area contributed by atoms with Gasteiger partial charge in [-0.3, -0.25) is 9.59 Å². The van der Waals surface area contributed by atoms with Crippen LogP contribution in [0.25, 0.3) is 0 Å². The van der Waals surface area contributed by atoms with Gasteiger partial charge in [0.2, 0.25) is 0 Å². The number of Topliss-reactive ketones (excluding diaryl/α,β-unsaturated/α-hetero) is 1. The van der Waals surface area contributed by atoms with E-state index in [2.05, 4.69) is 6.92 Å². The summed E-state index contributed by atoms with van der Waals surface area (Å²) in [4.78, 5) is 38.1. The van der Waals surface area contributed by atoms with Gasteiger partial charge in [-0.1, -0.05) is 19.4 Å². The molecule has 0 spiro atoms. The van der Waals surface area contributed by atoms with Crippen molar-refractivity contribution in [1.29, 1.82) is 0 Å². The molecule has 1 aliphatic heterocycles. The van der Waals surface area contributed by atoms with Gasteiger partial charge in [-0.2, -0.15) is 0 Å². The number of rotatable bonds is 3. The summed E-state index contributed by atoms with van der Waals surface area (Å²) in [7, 11) is 0. The highest BCUT2D eigenvalue weighted by atomic mass is 19.1. The van der Waals surface area contributed by atoms with Crippen molar-refractivity contribution in [3.05, 3.63) is 11.6 Å². The fraction of sp³-hybridized carbons (Fsp3) is 0.800. The number of carbonyl (C=O) groups excluding carboxylic acids is 3. The lowest BCUT2D eigenvalue weighted by atomic mass is 9.43. The molecule has 0 radical (unpaired) electrons. The smallest absolute Gasteiger partial charge is 0.377 e. The molecule has 6 nitrogen and oxygen atoms in total. The van der Waals surface area contributed by atoms with Crippen molar-refractivity contribution in [2.24, 2.45) is 22.7 Å². The number of fused-ring (bicyclic) bond motifs is 3. The van der Waals surface area contributed by atoms with Crippen LogP contribution in [0.5, 0.6) is 0 Å². The Morgan fingerprint density at radius 3 is 2.66 bits per heavy atom. The Hall–Kier alpha value is -1.60. The number of esters is 1. The average Bonchev–Trinajstić information content (AvgIpc) is 2.86. The number of halogens is 1. The molecule has 0 amide bonds. The number of ketones is 2. The predicted octanol–water partition coefficient (Wildman–Crippen LogP) is 3.85. The molecule has 1 heterocycles. The van der Waals surface area contributed by atoms with Crippen molar-refractivity contribution >= 4 is 17.5 Å². The first-order valence-electron chi connectivity index (χ1n) is 12.0. The molecule has 0 N–H and O–H groups in total. The van der Waals surface area contributed by atoms with E-state index in [0.717, 1.165) is 12.0 Å². The third kappa shape index (κ3) is 2.50. The first-order valence-corrected chi connectivity index (χ1v) is 12.0. The molecule has 2 bridgehead atoms. The molecule has 8 atom stereocenters. The Morgan fingerprint density at radius 1 is 1.19 bits per heavy atom. The Bertz CT molecular complexity index is 914. The maximum atomic E-state index is 16.2. The van der Waals surface area contributed by atoms with Gasteiger partial charge in [-0.05, 0) is 69.8 Å². The van der Waals surface area contributed by atoms with Crippen LogP contribution >= 0.6 is 0 Å². The van der Waals surface area contributed by atoms with E-state index in [0.29, 0.717) is 32.1 Å². The molecular formula is C25H33FO6. The van der Waals surface area contributed by atoms with Gasteiger partial charge in [-0.25, -0.2) is 9.18 Å². The molecule has 32 heavy (non-hydrogen) atoms. The van der Waals surface area contributed by atoms with Crippen LogP contribution in [-0.4, -0.2) is 47.8 Å². The van der Waals surface area contributed by atoms with E-state index in [-0.39, 0.29) is 30.6 Å². The highest BCUT2D eigenvalue weighted by Crippen LogP contribution is 2.73. The van der Waals surface area contributed by atoms with E-state index in [9.17, 15) is 14.4 Å². The molecule has 5 rings (SSSR count). The highest BCUT2D eigenvalue weighted by molar-refractivity contribution is 6.37. The third-order valence-electron chi connectivity index (χ3n) is 9.69. The van der Waals surface area contributed by atoms with E-state index in [4.69, 9.17) is 14.2 Å². The summed E-state index contributed by atoms with van der Waals surface area (Å²) in [6, 6.07) is 0. The van der Waals surface area contributed by atoms with Crippen molar-refractivity contribution in [2.75, 3.05) is 6.61 Å². The summed E-state index contributed by atoms with van der Waals surface area (Å²) in [5, 5.41) is 0. The average molecular weight is 449 g/mol. The Kier molecular flexibility index (Phi) is 4.82. The predicted molar refractivity (Wildman–Crippen MR) is 112 cm³/mol. The molecule has 1 saturated heterocycles. The Balaban J connectivity index is 1.62. The van der Waals surface area contributed by atoms with Crippen molar-refractivity contribution in [2.45, 2.75) is 96.3 Å². The van der Waals surface area contributed by atoms with Gasteiger partial charge in [0.15, 0.2) is 12.1 Å². The quantitative estimate of drug-likeness (QED) is 0.482. The van der Waals surface area contributed by atoms with Gasteiger partial charge in [0.1, 0.15) is 11.8 Å². The zero-order valence-electron chi connectivity index (χ0n) is 19.4. The molecule has 5 aliphatic rings. The zero-order valence-corrected chi connectivity index (χ0v) is 19.4. The molecule has 3 saturated carbocycles. The summed E-state index contributed by atoms with van der Waals surface area (Å²) in [5.74, 6) is -1.91. The van der Waals surface area contributed by atoms with E-state index in [1.807, 2.05) is 6.92 Å². The second-order valence-electron chi connectivity index (χ2n) is 10.8. The summed E-state index contributed by atoms with van der Waals surface area (Å²) in [5.41, 5.74) is -2.50. The first kappa shape index (κ1) is 22.2. The van der Waals surface area contributed by atoms with E-state index >= 15 is 4.39 Å². The lowest BCUT2D eigenvalue weighted by molar-refractivity contribution is -0.369. The van der Waals surface area contributed by atoms with E-state index in [1.54, 1.807) is 19.9 Å². The summed E-state index contributed by atoms with van der Waals surface area (Å²) in [6.07, 6.45) is 3.33. The van der Waals surface area contributed by atoms with Gasteiger partial charge < -0.3 is 14.2 Å². The van der Waals surface area contributed by atoms with Crippen molar-refractivity contribution in [1.82, 2.24) is 0 Å². The minimum Gasteiger partial charge on any atom is -0.460 e. The molecule has 1 unspecified atom stereocenters. The first-order chi connectivity index (χ1) is 15.0. The van der Waals surface area contributed by atoms with Crippen LogP contribution in [-0.2, 0) is 28.6 Å². The summed E-state index contributed by atoms with van der Waals surface area (Å²) >= 11 is 0. The van der Waals surface area contributed by atoms with Crippen molar-refractivity contribution in [3.63, 3.8) is 0 Å². The van der Waals surface area contributed by atoms with E-state index < -0.39 is 46.2 Å². The fourth-order valence-corrected chi connectivity index (χ4v) is 8.37. The van der Waals surface area contributed by atoms with Gasteiger partial charge in [0.25, 0.3) is 5.78 Å². The minimum absolute atomic E-state index is 0.0862. The lowest BCUT2D eigenvalue weighted by Crippen LogP contribution is -2.74. The molecule has 0 aromatic heterocycles. The van der Waals surface area contributed by atoms with Crippen LogP contribution < -0.4 is 0 Å². The summed E-state index contributed by atoms with van der Waals surface area (Å²) in [6.45, 7) is 7.48. The lowest BCUT2D eigenvalue weighted by Gasteiger charge is -2.67. The number of hydrogen-bond donors (Lipinski definition) is 0. The van der Waals surface area contributed by atoms with Gasteiger partial charge in [0.05, 0.1) is 12.2 Å². The van der Waals surface area contributed by atoms with Crippen LogP contribution in [0.4, 0.5) is 4.39 Å². The van der Waals surface area contributed by atoms with Crippen LogP contribution in [0.15, 0.2) is 11.6 Å². The van der Waals surface area contributed by atoms with Crippen molar-refractivity contribution < 1.29 is 33.0 Å². The van der Waals surface area contributed by atoms with Gasteiger partial charge in [-0.15, -0.1) is 0 Å². The number of hydrogen-bond acceptors (Lipinski definition) is 6. The zero-order chi connectivity index (χ0) is 23.1. The van der Waals surface area contributed by atoms with Gasteiger partial charge >= 0.3 is 5.97 Å². The highest BCUT2D eigenvalue weighted by Gasteiger charge is 2.80. The van der Waals surface area contributed by atoms with Gasteiger partial charge in [0, 0.05) is 17.8 Å². The molecule has 0 aromatic rings. The van der Waals surface area contributed by atoms with Crippen LogP contribution in [0.2, 0.25) is 0 Å². The minimum atomic E-state index is -1.44. The Labute approximate surface area is 188 Å². The summed E-state index contributed by atoms with van der Waals surface area (Å²) < 4.78 is 34.0. The maximum Gasteiger partial charge on any atom is 0.377 e. The topological polar surface area (TPSA) is 78.9 Å². The Morgan fingerprint density at radius 2 is 1.94 bits per heavy atom. The molecule has 176 valence electrons. The third-order valence-corrected chi connectivity index (χ3v) is 9.69. The number of carbonyl (C=O) groups is 3. The monoisotopic (exact) mass is 448 g/mol. The van der Waals surface area contributed by atoms with E-state index in [1.165, 1.54) is 0 Å². The fourth-order valence-electron chi connectivity index (χ4n) is 8.37. The SMILES string of the molecule is CCOC(=O)C(=O)[C@@]12CC[C@@]3(OC(C)O1)[C@@H]1CCC4=CC(=O)CC[C@]4(C)[C@H]1[C@@H](F)C[C@]23C. The molecule has 4 fully saturated rings. The second kappa shape index (κ2) is 6.95. The molecular weight excluding hydrogens is 415 g/mol. The maximum absolute atomic E-state index is 16.2. The number of allylic oxidation sites excluding steroid dienone is 1. The van der Waals surface area contributed by atoms with Crippen LogP contribution in [0.3, 0.4) is 0 Å². The van der Waals surface area contributed by atoms with Crippen LogP contribution in [0, 0.1) is 22.7 Å². The standard InChI is InChI=1S/C25H33FO6/c1-5-30-21(29)20(28)25-11-10-24(31-14(2)32-25)17-7-6-15-12-16(27)8-9-22(15,3)19(17)18(26)13-23(24,25)4/h12,14,17-19H,5-11,13H2,1-4H3/t14?,17-,18+,19-,22+,23+,24-,25-/m1/s1. The largest absolute Gasteiger partial charge is 0.460 e. The normalized spacial score (nSPS) is 49.4. The molecule has 7 heteroatoms. The number of ether oxygens (including phenoxy) is 3. The van der Waals surface area contributed by atoms with Crippen molar-refractivity contribution in [3.8, 4) is 0 Å².